The third-order valence-electron chi connectivity index (χ3n) is 6.15. The molecule has 1 atom stereocenters. The van der Waals surface area contributed by atoms with E-state index in [0.29, 0.717) is 29.9 Å². The molecule has 2 N–H and O–H groups in total. The Labute approximate surface area is 204 Å². The van der Waals surface area contributed by atoms with Gasteiger partial charge in [-0.15, -0.1) is 5.23 Å². The first kappa shape index (κ1) is 22.8. The van der Waals surface area contributed by atoms with Gasteiger partial charge in [0, 0.05) is 33.1 Å². The maximum Gasteiger partial charge on any atom is 0.212 e. The molecule has 0 radical (unpaired) electrons. The molecule has 166 valence electrons. The van der Waals surface area contributed by atoms with E-state index in [1.807, 2.05) is 6.08 Å². The molecule has 2 aromatic rings. The number of ether oxygens (including phenoxy) is 2. The number of nitrogens with zero attached hydrogens (tertiary/aromatic N) is 2. The third-order valence-corrected chi connectivity index (χ3v) is 7.29. The Morgan fingerprint density at radius 3 is 2.68 bits per heavy atom. The fourth-order valence-electron chi connectivity index (χ4n) is 4.58. The summed E-state index contributed by atoms with van der Waals surface area (Å²) in [7, 11) is 0. The van der Waals surface area contributed by atoms with Gasteiger partial charge < -0.3 is 14.4 Å². The molecule has 0 bridgehead atoms. The first-order chi connectivity index (χ1) is 14.9. The van der Waals surface area contributed by atoms with Crippen molar-refractivity contribution in [3.63, 3.8) is 0 Å². The Morgan fingerprint density at radius 2 is 1.97 bits per heavy atom. The number of halogens is 2. The van der Waals surface area contributed by atoms with E-state index in [2.05, 4.69) is 87.6 Å². The van der Waals surface area contributed by atoms with E-state index in [4.69, 9.17) is 9.47 Å². The average molecular weight is 601 g/mol. The Morgan fingerprint density at radius 1 is 1.19 bits per heavy atom. The van der Waals surface area contributed by atoms with Crippen molar-refractivity contribution in [1.82, 2.24) is 0 Å². The first-order valence-corrected chi connectivity index (χ1v) is 12.8. The van der Waals surface area contributed by atoms with E-state index in [1.165, 1.54) is 5.56 Å². The predicted molar refractivity (Wildman–Crippen MR) is 134 cm³/mol. The summed E-state index contributed by atoms with van der Waals surface area (Å²) in [6.07, 6.45) is 4.13. The number of anilines is 2. The highest BCUT2D eigenvalue weighted by molar-refractivity contribution is 14.1. The number of alkyl halides is 2. The zero-order chi connectivity index (χ0) is 22.2. The van der Waals surface area contributed by atoms with E-state index in [0.717, 1.165) is 27.9 Å². The van der Waals surface area contributed by atoms with Crippen molar-refractivity contribution in [3.05, 3.63) is 59.2 Å². The van der Waals surface area contributed by atoms with Crippen LogP contribution in [0.15, 0.2) is 42.5 Å². The van der Waals surface area contributed by atoms with Crippen molar-refractivity contribution >= 4 is 56.0 Å². The maximum atomic E-state index is 9.53. The summed E-state index contributed by atoms with van der Waals surface area (Å²) in [6, 6.07) is 11.9. The van der Waals surface area contributed by atoms with Crippen LogP contribution in [0.4, 0.5) is 11.4 Å². The van der Waals surface area contributed by atoms with Crippen LogP contribution in [0.1, 0.15) is 30.5 Å². The van der Waals surface area contributed by atoms with E-state index in [9.17, 15) is 10.4 Å². The molecule has 2 aromatic carbocycles. The standard InChI is InChI=1S/C23H26BrIN2O4/c1-22(2)19-5-3-4-6-20(19)26(10-12-30-11-9-24)23(22)8-7-16-13-18(27(28)29)14-17(15-25)21(16)31-23/h3-8,13-14,28-29H,9-12,15H2,1-2H3. The van der Waals surface area contributed by atoms with Gasteiger partial charge >= 0.3 is 0 Å². The Balaban J connectivity index is 1.80. The molecule has 0 saturated carbocycles. The lowest BCUT2D eigenvalue weighted by atomic mass is 9.76. The second kappa shape index (κ2) is 8.90. The van der Waals surface area contributed by atoms with Gasteiger partial charge in [-0.3, -0.25) is 10.4 Å². The first-order valence-electron chi connectivity index (χ1n) is 10.2. The molecule has 2 aliphatic rings. The van der Waals surface area contributed by atoms with Crippen LogP contribution in [0.25, 0.3) is 6.08 Å². The summed E-state index contributed by atoms with van der Waals surface area (Å²) >= 11 is 5.69. The molecule has 0 aliphatic carbocycles. The SMILES string of the molecule is CC1(C)c2ccccc2N(CCOCCBr)C12C=Cc1cc(N(O)O)cc(CI)c1O2. The van der Waals surface area contributed by atoms with Crippen LogP contribution in [-0.2, 0) is 14.6 Å². The second-order valence-electron chi connectivity index (χ2n) is 8.17. The van der Waals surface area contributed by atoms with Crippen molar-refractivity contribution in [1.29, 1.82) is 0 Å². The lowest BCUT2D eigenvalue weighted by Gasteiger charge is -2.47. The number of para-hydroxylation sites is 1. The zero-order valence-electron chi connectivity index (χ0n) is 17.5. The van der Waals surface area contributed by atoms with E-state index >= 15 is 0 Å². The van der Waals surface area contributed by atoms with Crippen LogP contribution in [0.2, 0.25) is 0 Å². The van der Waals surface area contributed by atoms with Crippen molar-refractivity contribution in [2.75, 3.05) is 35.2 Å². The molecule has 1 unspecified atom stereocenters. The summed E-state index contributed by atoms with van der Waals surface area (Å²) in [5, 5.41) is 20.0. The molecule has 4 rings (SSSR count). The Hall–Kier alpha value is -1.33. The van der Waals surface area contributed by atoms with Crippen LogP contribution in [0.5, 0.6) is 5.75 Å². The van der Waals surface area contributed by atoms with Crippen molar-refractivity contribution < 1.29 is 19.9 Å². The Kier molecular flexibility index (Phi) is 6.56. The van der Waals surface area contributed by atoms with Crippen LogP contribution in [-0.4, -0.2) is 41.2 Å². The van der Waals surface area contributed by atoms with Gasteiger partial charge in [0.25, 0.3) is 0 Å². The maximum absolute atomic E-state index is 9.53. The summed E-state index contributed by atoms with van der Waals surface area (Å²) in [6.45, 7) is 6.35. The number of benzene rings is 2. The lowest BCUT2D eigenvalue weighted by molar-refractivity contribution is 0.0286. The van der Waals surface area contributed by atoms with Crippen molar-refractivity contribution in [3.8, 4) is 5.75 Å². The minimum atomic E-state index is -0.721. The topological polar surface area (TPSA) is 65.4 Å². The number of rotatable bonds is 7. The van der Waals surface area contributed by atoms with Gasteiger partial charge in [-0.2, -0.15) is 0 Å². The minimum Gasteiger partial charge on any atom is -0.462 e. The molecule has 2 heterocycles. The van der Waals surface area contributed by atoms with Crippen molar-refractivity contribution in [2.24, 2.45) is 0 Å². The zero-order valence-corrected chi connectivity index (χ0v) is 21.3. The lowest BCUT2D eigenvalue weighted by Crippen LogP contribution is -2.60. The van der Waals surface area contributed by atoms with E-state index in [-0.39, 0.29) is 10.6 Å². The van der Waals surface area contributed by atoms with Gasteiger partial charge in [0.05, 0.1) is 24.3 Å². The van der Waals surface area contributed by atoms with Gasteiger partial charge in [-0.25, -0.2) is 0 Å². The minimum absolute atomic E-state index is 0.150. The fraction of sp³-hybridized carbons (Fsp3) is 0.391. The summed E-state index contributed by atoms with van der Waals surface area (Å²) in [4.78, 5) is 2.30. The molecule has 1 spiro atoms. The molecule has 8 heteroatoms. The molecular formula is C23H26BrIN2O4. The summed E-state index contributed by atoms with van der Waals surface area (Å²) < 4.78 is 13.4. The van der Waals surface area contributed by atoms with Gasteiger partial charge in [0.15, 0.2) is 0 Å². The second-order valence-corrected chi connectivity index (χ2v) is 9.73. The highest BCUT2D eigenvalue weighted by Gasteiger charge is 2.58. The van der Waals surface area contributed by atoms with Gasteiger partial charge in [0.1, 0.15) is 5.75 Å². The van der Waals surface area contributed by atoms with Crippen LogP contribution in [0.3, 0.4) is 0 Å². The smallest absolute Gasteiger partial charge is 0.212 e. The van der Waals surface area contributed by atoms with E-state index in [1.54, 1.807) is 12.1 Å². The highest BCUT2D eigenvalue weighted by Crippen LogP contribution is 2.55. The van der Waals surface area contributed by atoms with Crippen LogP contribution >= 0.6 is 38.5 Å². The number of fused-ring (bicyclic) bond motifs is 2. The predicted octanol–water partition coefficient (Wildman–Crippen LogP) is 5.52. The third kappa shape index (κ3) is 3.76. The van der Waals surface area contributed by atoms with Gasteiger partial charge in [-0.1, -0.05) is 56.7 Å². The molecule has 6 nitrogen and oxygen atoms in total. The molecule has 31 heavy (non-hydrogen) atoms. The summed E-state index contributed by atoms with van der Waals surface area (Å²) in [5.41, 5.74) is 3.37. The largest absolute Gasteiger partial charge is 0.462 e. The fourth-order valence-corrected chi connectivity index (χ4v) is 5.37. The van der Waals surface area contributed by atoms with Crippen molar-refractivity contribution in [2.45, 2.75) is 29.4 Å². The van der Waals surface area contributed by atoms with Gasteiger partial charge in [0.2, 0.25) is 5.72 Å². The molecule has 0 amide bonds. The monoisotopic (exact) mass is 600 g/mol. The quantitative estimate of drug-likeness (QED) is 0.189. The summed E-state index contributed by atoms with van der Waals surface area (Å²) in [5.74, 6) is 0.773. The number of hydrogen-bond donors (Lipinski definition) is 2. The molecule has 2 aliphatic heterocycles. The molecule has 0 aromatic heterocycles. The molecule has 0 fully saturated rings. The van der Waals surface area contributed by atoms with Crippen LogP contribution in [0, 0.1) is 0 Å². The van der Waals surface area contributed by atoms with E-state index < -0.39 is 5.72 Å². The van der Waals surface area contributed by atoms with Gasteiger partial charge in [-0.05, 0) is 49.8 Å². The molecular weight excluding hydrogens is 575 g/mol. The molecule has 0 saturated heterocycles. The number of hydrogen-bond acceptors (Lipinski definition) is 6. The normalized spacial score (nSPS) is 20.5. The van der Waals surface area contributed by atoms with Crippen LogP contribution < -0.4 is 14.9 Å². The highest BCUT2D eigenvalue weighted by atomic mass is 127. The Bertz CT molecular complexity index is 998. The average Bonchev–Trinajstić information content (AvgIpc) is 2.94.